The van der Waals surface area contributed by atoms with E-state index in [9.17, 15) is 14.4 Å². The number of aliphatic carboxylic acids is 3. The molecule has 0 aliphatic heterocycles. The Labute approximate surface area is 124 Å². The van der Waals surface area contributed by atoms with E-state index in [1.54, 1.807) is 0 Å². The maximum absolute atomic E-state index is 10.1. The van der Waals surface area contributed by atoms with E-state index < -0.39 is 36.0 Å². The Hall–Kier alpha value is -1.71. The zero-order chi connectivity index (χ0) is 17.7. The Morgan fingerprint density at radius 3 is 1.05 bits per heavy atom. The number of nitrogens with two attached hydrogens (primary N) is 3. The molecule has 0 saturated carbocycles. The second-order valence-corrected chi connectivity index (χ2v) is 4.83. The van der Waals surface area contributed by atoms with E-state index in [1.807, 2.05) is 13.8 Å². The lowest BCUT2D eigenvalue weighted by Gasteiger charge is -2.07. The van der Waals surface area contributed by atoms with Gasteiger partial charge in [0.25, 0.3) is 0 Å². The molecule has 0 aliphatic rings. The minimum absolute atomic E-state index is 0.357. The Kier molecular flexibility index (Phi) is 15.4. The third-order valence-corrected chi connectivity index (χ3v) is 1.82. The van der Waals surface area contributed by atoms with Gasteiger partial charge in [-0.25, -0.2) is 0 Å². The number of hydrogen-bond donors (Lipinski definition) is 6. The van der Waals surface area contributed by atoms with Gasteiger partial charge in [-0.2, -0.15) is 0 Å². The standard InChI is InChI=1S/C6H13NO2.2C3H7NO2/c1-4(2)3-5(7)6(8)9;2*1-2(4)3(5)6/h4-5H,3,7H2,1-2H3,(H,8,9);2*2H,4H2,1H3,(H,5,6)/t5-;2*2-/m000/s1. The van der Waals surface area contributed by atoms with Crippen molar-refractivity contribution in [3.63, 3.8) is 0 Å². The normalized spacial score (nSPS) is 13.7. The van der Waals surface area contributed by atoms with Gasteiger partial charge in [0.15, 0.2) is 0 Å². The van der Waals surface area contributed by atoms with Crippen LogP contribution in [0.2, 0.25) is 0 Å². The van der Waals surface area contributed by atoms with E-state index in [0.29, 0.717) is 12.3 Å². The summed E-state index contributed by atoms with van der Waals surface area (Å²) in [5.74, 6) is -2.48. The molecule has 0 saturated heterocycles. The SMILES string of the molecule is CC(C)C[C@H](N)C(=O)O.C[C@H](N)C(=O)O.C[C@H](N)C(=O)O. The van der Waals surface area contributed by atoms with Crippen LogP contribution in [0.5, 0.6) is 0 Å². The summed E-state index contributed by atoms with van der Waals surface area (Å²) in [5.41, 5.74) is 14.9. The van der Waals surface area contributed by atoms with Crippen molar-refractivity contribution in [3.05, 3.63) is 0 Å². The van der Waals surface area contributed by atoms with Crippen molar-refractivity contribution in [3.8, 4) is 0 Å². The highest BCUT2D eigenvalue weighted by Crippen LogP contribution is 2.01. The Morgan fingerprint density at radius 1 is 0.762 bits per heavy atom. The first-order valence-electron chi connectivity index (χ1n) is 6.28. The number of rotatable bonds is 5. The van der Waals surface area contributed by atoms with Gasteiger partial charge >= 0.3 is 17.9 Å². The second kappa shape index (κ2) is 13.3. The van der Waals surface area contributed by atoms with Crippen LogP contribution in [-0.4, -0.2) is 51.4 Å². The van der Waals surface area contributed by atoms with Crippen molar-refractivity contribution < 1.29 is 29.7 Å². The van der Waals surface area contributed by atoms with Crippen molar-refractivity contribution in [2.45, 2.75) is 52.2 Å². The van der Waals surface area contributed by atoms with Gasteiger partial charge in [-0.15, -0.1) is 0 Å². The minimum atomic E-state index is -0.963. The van der Waals surface area contributed by atoms with Crippen LogP contribution < -0.4 is 17.2 Å². The number of carboxylic acid groups (broad SMARTS) is 3. The molecule has 0 bridgehead atoms. The molecule has 21 heavy (non-hydrogen) atoms. The average Bonchev–Trinajstić information content (AvgIpc) is 2.29. The fourth-order valence-electron chi connectivity index (χ4n) is 0.609. The smallest absolute Gasteiger partial charge is 0.320 e. The zero-order valence-electron chi connectivity index (χ0n) is 12.8. The first kappa shape index (κ1) is 24.3. The first-order valence-corrected chi connectivity index (χ1v) is 6.28. The summed E-state index contributed by atoms with van der Waals surface area (Å²) in [7, 11) is 0. The lowest BCUT2D eigenvalue weighted by atomic mass is 10.1. The summed E-state index contributed by atoms with van der Waals surface area (Å²) in [5, 5.41) is 24.0. The van der Waals surface area contributed by atoms with Gasteiger partial charge in [0.05, 0.1) is 0 Å². The molecule has 0 aromatic carbocycles. The molecule has 0 aromatic rings. The van der Waals surface area contributed by atoms with Crippen LogP contribution in [0.1, 0.15) is 34.1 Å². The molecule has 0 rings (SSSR count). The third kappa shape index (κ3) is 23.8. The van der Waals surface area contributed by atoms with Crippen LogP contribution in [-0.2, 0) is 14.4 Å². The number of carboxylic acids is 3. The van der Waals surface area contributed by atoms with Gasteiger partial charge in [-0.1, -0.05) is 13.8 Å². The first-order chi connectivity index (χ1) is 9.32. The maximum Gasteiger partial charge on any atom is 0.320 e. The van der Waals surface area contributed by atoms with E-state index in [4.69, 9.17) is 32.5 Å². The van der Waals surface area contributed by atoms with Crippen molar-refractivity contribution in [1.29, 1.82) is 0 Å². The predicted molar refractivity (Wildman–Crippen MR) is 77.6 cm³/mol. The lowest BCUT2D eigenvalue weighted by molar-refractivity contribution is -0.139. The van der Waals surface area contributed by atoms with Gasteiger partial charge < -0.3 is 32.5 Å². The van der Waals surface area contributed by atoms with Gasteiger partial charge in [0.1, 0.15) is 18.1 Å². The van der Waals surface area contributed by atoms with E-state index in [2.05, 4.69) is 0 Å². The summed E-state index contributed by atoms with van der Waals surface area (Å²) in [6, 6.07) is -2.15. The second-order valence-electron chi connectivity index (χ2n) is 4.83. The monoisotopic (exact) mass is 309 g/mol. The molecular weight excluding hydrogens is 282 g/mol. The fraction of sp³-hybridized carbons (Fsp3) is 0.750. The van der Waals surface area contributed by atoms with E-state index >= 15 is 0 Å². The van der Waals surface area contributed by atoms with Gasteiger partial charge in [0, 0.05) is 0 Å². The largest absolute Gasteiger partial charge is 0.480 e. The summed E-state index contributed by atoms with van der Waals surface area (Å²) in [6.45, 7) is 6.73. The third-order valence-electron chi connectivity index (χ3n) is 1.82. The molecule has 0 spiro atoms. The molecule has 0 aromatic heterocycles. The maximum atomic E-state index is 10.1. The predicted octanol–water partition coefficient (Wildman–Crippen LogP) is -0.719. The Balaban J connectivity index is -0.000000240. The quantitative estimate of drug-likeness (QED) is 0.380. The molecule has 0 unspecified atom stereocenters. The summed E-state index contributed by atoms with van der Waals surface area (Å²) >= 11 is 0. The molecule has 0 heterocycles. The molecule has 0 amide bonds. The van der Waals surface area contributed by atoms with Gasteiger partial charge in [-0.3, -0.25) is 14.4 Å². The average molecular weight is 309 g/mol. The fourth-order valence-corrected chi connectivity index (χ4v) is 0.609. The van der Waals surface area contributed by atoms with Crippen LogP contribution >= 0.6 is 0 Å². The highest BCUT2D eigenvalue weighted by atomic mass is 16.4. The Morgan fingerprint density at radius 2 is 1.00 bits per heavy atom. The molecule has 0 aliphatic carbocycles. The number of carbonyl (C=O) groups is 3. The van der Waals surface area contributed by atoms with Crippen LogP contribution in [0.15, 0.2) is 0 Å². The van der Waals surface area contributed by atoms with E-state index in [-0.39, 0.29) is 0 Å². The zero-order valence-corrected chi connectivity index (χ0v) is 12.8. The van der Waals surface area contributed by atoms with Crippen LogP contribution in [0.4, 0.5) is 0 Å². The van der Waals surface area contributed by atoms with E-state index in [1.165, 1.54) is 13.8 Å². The molecular formula is C12H27N3O6. The van der Waals surface area contributed by atoms with Crippen molar-refractivity contribution >= 4 is 17.9 Å². The highest BCUT2D eigenvalue weighted by molar-refractivity contribution is 5.73. The summed E-state index contributed by atoms with van der Waals surface area (Å²) in [6.07, 6.45) is 0.551. The summed E-state index contributed by atoms with van der Waals surface area (Å²) in [4.78, 5) is 29.3. The number of hydrogen-bond acceptors (Lipinski definition) is 6. The lowest BCUT2D eigenvalue weighted by Crippen LogP contribution is -2.31. The topological polar surface area (TPSA) is 190 Å². The molecule has 3 atom stereocenters. The molecule has 9 N–H and O–H groups in total. The molecule has 9 heteroatoms. The van der Waals surface area contributed by atoms with Crippen molar-refractivity contribution in [1.82, 2.24) is 0 Å². The van der Waals surface area contributed by atoms with Crippen molar-refractivity contribution in [2.75, 3.05) is 0 Å². The highest BCUT2D eigenvalue weighted by Gasteiger charge is 2.11. The molecule has 0 fully saturated rings. The Bertz CT molecular complexity index is 300. The van der Waals surface area contributed by atoms with E-state index in [0.717, 1.165) is 0 Å². The minimum Gasteiger partial charge on any atom is -0.480 e. The van der Waals surface area contributed by atoms with Gasteiger partial charge in [0.2, 0.25) is 0 Å². The summed E-state index contributed by atoms with van der Waals surface area (Å²) < 4.78 is 0. The molecule has 9 nitrogen and oxygen atoms in total. The van der Waals surface area contributed by atoms with Crippen LogP contribution in [0.25, 0.3) is 0 Å². The van der Waals surface area contributed by atoms with Gasteiger partial charge in [-0.05, 0) is 26.2 Å². The van der Waals surface area contributed by atoms with Crippen molar-refractivity contribution in [2.24, 2.45) is 23.1 Å². The van der Waals surface area contributed by atoms with Crippen LogP contribution in [0.3, 0.4) is 0 Å². The molecule has 0 radical (unpaired) electrons. The van der Waals surface area contributed by atoms with Crippen LogP contribution in [0, 0.1) is 5.92 Å². The molecule has 126 valence electrons.